The van der Waals surface area contributed by atoms with E-state index >= 15 is 0 Å². The van der Waals surface area contributed by atoms with Gasteiger partial charge in [-0.25, -0.2) is 17.9 Å². The van der Waals surface area contributed by atoms with E-state index in [0.29, 0.717) is 11.1 Å². The Bertz CT molecular complexity index is 846. The van der Waals surface area contributed by atoms with Crippen molar-refractivity contribution >= 4 is 15.9 Å². The number of rotatable bonds is 4. The fourth-order valence-electron chi connectivity index (χ4n) is 2.14. The molecule has 0 aliphatic rings. The molecule has 1 amide bonds. The molecule has 2 aromatic rings. The van der Waals surface area contributed by atoms with Gasteiger partial charge in [-0.15, -0.1) is 0 Å². The van der Waals surface area contributed by atoms with Crippen molar-refractivity contribution < 1.29 is 17.6 Å². The van der Waals surface area contributed by atoms with Crippen LogP contribution in [0.5, 0.6) is 0 Å². The van der Waals surface area contributed by atoms with Crippen molar-refractivity contribution in [1.82, 2.24) is 5.32 Å². The maximum atomic E-state index is 12.8. The van der Waals surface area contributed by atoms with Gasteiger partial charge in [-0.1, -0.05) is 12.1 Å². The lowest BCUT2D eigenvalue weighted by Crippen LogP contribution is -2.24. The lowest BCUT2D eigenvalue weighted by Gasteiger charge is -2.11. The summed E-state index contributed by atoms with van der Waals surface area (Å²) < 4.78 is 36.0. The lowest BCUT2D eigenvalue weighted by atomic mass is 10.1. The first-order valence-electron chi connectivity index (χ1n) is 6.85. The zero-order valence-corrected chi connectivity index (χ0v) is 13.6. The van der Waals surface area contributed by atoms with E-state index in [4.69, 9.17) is 5.14 Å². The van der Waals surface area contributed by atoms with Crippen molar-refractivity contribution in [3.05, 3.63) is 64.5 Å². The van der Waals surface area contributed by atoms with E-state index in [0.717, 1.165) is 5.56 Å². The standard InChI is InChI=1S/C16H17FN2O3S/c1-10-7-13(8-15(11(10)2)23(18,21)22)16(20)19-9-12-3-5-14(17)6-4-12/h3-8H,9H2,1-2H3,(H,19,20)(H2,18,21,22). The van der Waals surface area contributed by atoms with Gasteiger partial charge in [-0.2, -0.15) is 0 Å². The van der Waals surface area contributed by atoms with Gasteiger partial charge in [0.25, 0.3) is 5.91 Å². The smallest absolute Gasteiger partial charge is 0.251 e. The number of sulfonamides is 1. The molecule has 122 valence electrons. The van der Waals surface area contributed by atoms with E-state index in [1.165, 1.54) is 18.2 Å². The lowest BCUT2D eigenvalue weighted by molar-refractivity contribution is 0.0950. The van der Waals surface area contributed by atoms with Gasteiger partial charge >= 0.3 is 0 Å². The van der Waals surface area contributed by atoms with Crippen LogP contribution in [0.15, 0.2) is 41.3 Å². The third-order valence-corrected chi connectivity index (χ3v) is 4.59. The topological polar surface area (TPSA) is 89.3 Å². The Balaban J connectivity index is 2.22. The van der Waals surface area contributed by atoms with Gasteiger partial charge in [0.2, 0.25) is 10.0 Å². The minimum Gasteiger partial charge on any atom is -0.348 e. The molecule has 0 aliphatic carbocycles. The Labute approximate surface area is 134 Å². The van der Waals surface area contributed by atoms with Gasteiger partial charge in [0.1, 0.15) is 5.82 Å². The molecular formula is C16H17FN2O3S. The average molecular weight is 336 g/mol. The van der Waals surface area contributed by atoms with Crippen LogP contribution in [-0.2, 0) is 16.6 Å². The number of carbonyl (C=O) groups excluding carboxylic acids is 1. The number of hydrogen-bond acceptors (Lipinski definition) is 3. The van der Waals surface area contributed by atoms with Crippen molar-refractivity contribution in [2.75, 3.05) is 0 Å². The highest BCUT2D eigenvalue weighted by molar-refractivity contribution is 7.89. The fourth-order valence-corrected chi connectivity index (χ4v) is 3.02. The second kappa shape index (κ2) is 6.47. The van der Waals surface area contributed by atoms with E-state index in [-0.39, 0.29) is 22.8 Å². The van der Waals surface area contributed by atoms with Crippen LogP contribution in [0.2, 0.25) is 0 Å². The van der Waals surface area contributed by atoms with E-state index in [1.54, 1.807) is 32.0 Å². The van der Waals surface area contributed by atoms with Crippen LogP contribution in [0.3, 0.4) is 0 Å². The third kappa shape index (κ3) is 4.14. The number of benzene rings is 2. The van der Waals surface area contributed by atoms with Crippen LogP contribution >= 0.6 is 0 Å². The monoisotopic (exact) mass is 336 g/mol. The first-order valence-corrected chi connectivity index (χ1v) is 8.40. The fraction of sp³-hybridized carbons (Fsp3) is 0.188. The Morgan fingerprint density at radius 1 is 1.17 bits per heavy atom. The quantitative estimate of drug-likeness (QED) is 0.895. The molecule has 0 radical (unpaired) electrons. The molecule has 2 aromatic carbocycles. The predicted octanol–water partition coefficient (Wildman–Crippen LogP) is 2.02. The highest BCUT2D eigenvalue weighted by Gasteiger charge is 2.17. The number of primary sulfonamides is 1. The van der Waals surface area contributed by atoms with Gasteiger partial charge in [-0.05, 0) is 54.8 Å². The first kappa shape index (κ1) is 17.1. The first-order chi connectivity index (χ1) is 10.7. The Morgan fingerprint density at radius 2 is 1.78 bits per heavy atom. The van der Waals surface area contributed by atoms with Gasteiger partial charge in [0.05, 0.1) is 4.90 Å². The zero-order chi connectivity index (χ0) is 17.2. The molecule has 0 unspecified atom stereocenters. The van der Waals surface area contributed by atoms with Crippen molar-refractivity contribution in [2.24, 2.45) is 5.14 Å². The normalized spacial score (nSPS) is 11.3. The molecule has 7 heteroatoms. The maximum absolute atomic E-state index is 12.8. The molecule has 0 spiro atoms. The van der Waals surface area contributed by atoms with E-state index in [2.05, 4.69) is 5.32 Å². The van der Waals surface area contributed by atoms with Crippen molar-refractivity contribution in [2.45, 2.75) is 25.3 Å². The number of nitrogens with one attached hydrogen (secondary N) is 1. The summed E-state index contributed by atoms with van der Waals surface area (Å²) in [5.41, 5.74) is 2.11. The van der Waals surface area contributed by atoms with E-state index < -0.39 is 15.9 Å². The summed E-state index contributed by atoms with van der Waals surface area (Å²) in [4.78, 5) is 12.1. The molecule has 0 fully saturated rings. The molecule has 5 nitrogen and oxygen atoms in total. The van der Waals surface area contributed by atoms with Crippen LogP contribution in [0.25, 0.3) is 0 Å². The molecule has 0 atom stereocenters. The number of halogens is 1. The molecule has 0 aromatic heterocycles. The molecule has 3 N–H and O–H groups in total. The van der Waals surface area contributed by atoms with Crippen molar-refractivity contribution in [1.29, 1.82) is 0 Å². The molecule has 0 saturated heterocycles. The number of aryl methyl sites for hydroxylation is 1. The molecule has 0 aliphatic heterocycles. The summed E-state index contributed by atoms with van der Waals surface area (Å²) >= 11 is 0. The van der Waals surface area contributed by atoms with Crippen LogP contribution in [0.1, 0.15) is 27.0 Å². The van der Waals surface area contributed by atoms with E-state index in [9.17, 15) is 17.6 Å². The molecule has 23 heavy (non-hydrogen) atoms. The molecule has 0 heterocycles. The minimum atomic E-state index is -3.91. The SMILES string of the molecule is Cc1cc(C(=O)NCc2ccc(F)cc2)cc(S(N)(=O)=O)c1C. The van der Waals surface area contributed by atoms with Crippen LogP contribution in [0, 0.1) is 19.7 Å². The third-order valence-electron chi connectivity index (χ3n) is 3.55. The summed E-state index contributed by atoms with van der Waals surface area (Å²) in [6.45, 7) is 3.55. The van der Waals surface area contributed by atoms with E-state index in [1.807, 2.05) is 0 Å². The van der Waals surface area contributed by atoms with Gasteiger partial charge in [-0.3, -0.25) is 4.79 Å². The van der Waals surface area contributed by atoms with Crippen molar-refractivity contribution in [3.8, 4) is 0 Å². The number of nitrogens with two attached hydrogens (primary N) is 1. The zero-order valence-electron chi connectivity index (χ0n) is 12.8. The number of hydrogen-bond donors (Lipinski definition) is 2. The van der Waals surface area contributed by atoms with Gasteiger partial charge < -0.3 is 5.32 Å². The largest absolute Gasteiger partial charge is 0.348 e. The van der Waals surface area contributed by atoms with Crippen LogP contribution in [-0.4, -0.2) is 14.3 Å². The van der Waals surface area contributed by atoms with Crippen LogP contribution in [0.4, 0.5) is 4.39 Å². The Morgan fingerprint density at radius 3 is 2.35 bits per heavy atom. The highest BCUT2D eigenvalue weighted by Crippen LogP contribution is 2.20. The van der Waals surface area contributed by atoms with Gasteiger partial charge in [0.15, 0.2) is 0 Å². The predicted molar refractivity (Wildman–Crippen MR) is 84.9 cm³/mol. The second-order valence-corrected chi connectivity index (χ2v) is 6.80. The molecule has 0 saturated carbocycles. The summed E-state index contributed by atoms with van der Waals surface area (Å²) in [7, 11) is -3.91. The Hall–Kier alpha value is -2.25. The van der Waals surface area contributed by atoms with Gasteiger partial charge in [0, 0.05) is 12.1 Å². The number of carbonyl (C=O) groups is 1. The average Bonchev–Trinajstić information content (AvgIpc) is 2.47. The van der Waals surface area contributed by atoms with Crippen LogP contribution < -0.4 is 10.5 Å². The molecule has 0 bridgehead atoms. The summed E-state index contributed by atoms with van der Waals surface area (Å²) in [6, 6.07) is 8.59. The minimum absolute atomic E-state index is 0.0653. The molecule has 2 rings (SSSR count). The second-order valence-electron chi connectivity index (χ2n) is 5.27. The van der Waals surface area contributed by atoms with Crippen molar-refractivity contribution in [3.63, 3.8) is 0 Å². The highest BCUT2D eigenvalue weighted by atomic mass is 32.2. The summed E-state index contributed by atoms with van der Waals surface area (Å²) in [6.07, 6.45) is 0. The summed E-state index contributed by atoms with van der Waals surface area (Å²) in [5, 5.41) is 7.84. The Kier molecular flexibility index (Phi) is 4.82. The summed E-state index contributed by atoms with van der Waals surface area (Å²) in [5.74, 6) is -0.783. The molecular weight excluding hydrogens is 319 g/mol. The maximum Gasteiger partial charge on any atom is 0.251 e. The number of amides is 1.